The Morgan fingerprint density at radius 3 is 2.53 bits per heavy atom. The van der Waals surface area contributed by atoms with Crippen molar-refractivity contribution >= 4 is 47.2 Å². The summed E-state index contributed by atoms with van der Waals surface area (Å²) in [5.74, 6) is 1.89. The average Bonchev–Trinajstić information content (AvgIpc) is 3.32. The number of rotatable bonds is 8. The first kappa shape index (κ1) is 25.1. The molecule has 0 aliphatic carbocycles. The molecule has 170 valence electrons. The average molecular weight is 550 g/mol. The molecule has 0 aliphatic rings. The second-order valence-electron chi connectivity index (χ2n) is 6.48. The molecule has 0 saturated heterocycles. The van der Waals surface area contributed by atoms with E-state index >= 15 is 0 Å². The molecular weight excluding hydrogens is 523 g/mol. The molecule has 32 heavy (non-hydrogen) atoms. The maximum absolute atomic E-state index is 12.2. The second kappa shape index (κ2) is 12.6. The minimum Gasteiger partial charge on any atom is -0.493 e. The SMILES string of the molecule is CCOc1cc(NC(=NC)NCc2cccc(NC(=O)c3ccco3)c2)ccc1OC.I. The highest BCUT2D eigenvalue weighted by Gasteiger charge is 2.10. The molecule has 2 aromatic carbocycles. The summed E-state index contributed by atoms with van der Waals surface area (Å²) in [6, 6.07) is 16.4. The van der Waals surface area contributed by atoms with Crippen molar-refractivity contribution in [3.05, 3.63) is 72.2 Å². The summed E-state index contributed by atoms with van der Waals surface area (Å²) >= 11 is 0. The number of anilines is 2. The molecule has 1 heterocycles. The highest BCUT2D eigenvalue weighted by atomic mass is 127. The molecule has 3 aromatic rings. The van der Waals surface area contributed by atoms with Gasteiger partial charge in [0.1, 0.15) is 0 Å². The van der Waals surface area contributed by atoms with Crippen LogP contribution in [0, 0.1) is 0 Å². The molecule has 8 nitrogen and oxygen atoms in total. The van der Waals surface area contributed by atoms with Gasteiger partial charge in [-0.25, -0.2) is 0 Å². The first-order chi connectivity index (χ1) is 15.1. The fraction of sp³-hybridized carbons (Fsp3) is 0.217. The van der Waals surface area contributed by atoms with Crippen molar-refractivity contribution < 1.29 is 18.7 Å². The Balaban J connectivity index is 0.00000363. The molecular formula is C23H27IN4O4. The fourth-order valence-corrected chi connectivity index (χ4v) is 2.88. The Kier molecular flexibility index (Phi) is 9.86. The molecule has 0 spiro atoms. The lowest BCUT2D eigenvalue weighted by molar-refractivity contribution is 0.0996. The van der Waals surface area contributed by atoms with Gasteiger partial charge in [0.2, 0.25) is 0 Å². The molecule has 1 amide bonds. The molecule has 3 rings (SSSR count). The lowest BCUT2D eigenvalue weighted by Crippen LogP contribution is -2.30. The van der Waals surface area contributed by atoms with Crippen LogP contribution in [0.5, 0.6) is 11.5 Å². The van der Waals surface area contributed by atoms with E-state index in [0.717, 1.165) is 11.3 Å². The van der Waals surface area contributed by atoms with Crippen LogP contribution in [-0.2, 0) is 6.54 Å². The minimum atomic E-state index is -0.294. The van der Waals surface area contributed by atoms with Crippen LogP contribution in [0.3, 0.4) is 0 Å². The van der Waals surface area contributed by atoms with E-state index < -0.39 is 0 Å². The van der Waals surface area contributed by atoms with Gasteiger partial charge in [-0.05, 0) is 48.9 Å². The third-order valence-electron chi connectivity index (χ3n) is 4.34. The van der Waals surface area contributed by atoms with Gasteiger partial charge < -0.3 is 29.8 Å². The molecule has 0 fully saturated rings. The zero-order chi connectivity index (χ0) is 22.1. The van der Waals surface area contributed by atoms with Crippen LogP contribution in [0.2, 0.25) is 0 Å². The van der Waals surface area contributed by atoms with Crippen molar-refractivity contribution in [1.82, 2.24) is 5.32 Å². The first-order valence-corrected chi connectivity index (χ1v) is 9.85. The summed E-state index contributed by atoms with van der Waals surface area (Å²) in [6.07, 6.45) is 1.47. The monoisotopic (exact) mass is 550 g/mol. The summed E-state index contributed by atoms with van der Waals surface area (Å²) in [5.41, 5.74) is 2.47. The van der Waals surface area contributed by atoms with E-state index in [-0.39, 0.29) is 35.6 Å². The Morgan fingerprint density at radius 1 is 1.03 bits per heavy atom. The number of ether oxygens (including phenoxy) is 2. The normalized spacial score (nSPS) is 10.7. The molecule has 0 bridgehead atoms. The van der Waals surface area contributed by atoms with Crippen LogP contribution < -0.4 is 25.4 Å². The number of carbonyl (C=O) groups is 1. The van der Waals surface area contributed by atoms with Gasteiger partial charge in [0, 0.05) is 31.0 Å². The van der Waals surface area contributed by atoms with Crippen LogP contribution in [0.25, 0.3) is 0 Å². The van der Waals surface area contributed by atoms with Gasteiger partial charge in [-0.3, -0.25) is 9.79 Å². The molecule has 9 heteroatoms. The van der Waals surface area contributed by atoms with Gasteiger partial charge in [0.15, 0.2) is 23.2 Å². The summed E-state index contributed by atoms with van der Waals surface area (Å²) in [4.78, 5) is 16.4. The number of amides is 1. The Labute approximate surface area is 204 Å². The number of methoxy groups -OCH3 is 1. The molecule has 0 radical (unpaired) electrons. The van der Waals surface area contributed by atoms with E-state index in [1.165, 1.54) is 6.26 Å². The van der Waals surface area contributed by atoms with Crippen LogP contribution in [-0.4, -0.2) is 32.6 Å². The van der Waals surface area contributed by atoms with Crippen molar-refractivity contribution in [3.8, 4) is 11.5 Å². The Bertz CT molecular complexity index is 1040. The predicted molar refractivity (Wildman–Crippen MR) is 137 cm³/mol. The van der Waals surface area contributed by atoms with Crippen molar-refractivity contribution in [3.63, 3.8) is 0 Å². The third kappa shape index (κ3) is 6.91. The molecule has 0 saturated carbocycles. The predicted octanol–water partition coefficient (Wildman–Crippen LogP) is 4.74. The number of carbonyl (C=O) groups excluding carboxylic acids is 1. The fourth-order valence-electron chi connectivity index (χ4n) is 2.88. The minimum absolute atomic E-state index is 0. The van der Waals surface area contributed by atoms with E-state index in [2.05, 4.69) is 20.9 Å². The lowest BCUT2D eigenvalue weighted by Gasteiger charge is -2.15. The maximum Gasteiger partial charge on any atom is 0.291 e. The molecule has 0 aliphatic heterocycles. The lowest BCUT2D eigenvalue weighted by atomic mass is 10.2. The van der Waals surface area contributed by atoms with Crippen molar-refractivity contribution in [1.29, 1.82) is 0 Å². The zero-order valence-corrected chi connectivity index (χ0v) is 20.5. The number of aliphatic imine (C=N–C) groups is 1. The molecule has 0 atom stereocenters. The van der Waals surface area contributed by atoms with Gasteiger partial charge in [-0.2, -0.15) is 0 Å². The van der Waals surface area contributed by atoms with E-state index in [0.29, 0.717) is 36.3 Å². The number of hydrogen-bond donors (Lipinski definition) is 3. The van der Waals surface area contributed by atoms with Crippen LogP contribution in [0.1, 0.15) is 23.0 Å². The van der Waals surface area contributed by atoms with E-state index in [1.807, 2.05) is 49.4 Å². The highest BCUT2D eigenvalue weighted by molar-refractivity contribution is 14.0. The summed E-state index contributed by atoms with van der Waals surface area (Å²) < 4.78 is 16.1. The standard InChI is InChI=1S/C23H26N4O4.HI/c1-4-30-21-14-18(10-11-19(21)29-3)27-23(24-2)25-15-16-7-5-8-17(13-16)26-22(28)20-9-6-12-31-20;/h5-14H,4,15H2,1-3H3,(H,26,28)(H2,24,25,27);1H. The molecule has 3 N–H and O–H groups in total. The summed E-state index contributed by atoms with van der Waals surface area (Å²) in [7, 11) is 3.30. The summed E-state index contributed by atoms with van der Waals surface area (Å²) in [6.45, 7) is 2.98. The number of furan rings is 1. The number of halogens is 1. The van der Waals surface area contributed by atoms with E-state index in [9.17, 15) is 4.79 Å². The van der Waals surface area contributed by atoms with E-state index in [4.69, 9.17) is 13.9 Å². The van der Waals surface area contributed by atoms with E-state index in [1.54, 1.807) is 26.3 Å². The number of nitrogens with one attached hydrogen (secondary N) is 3. The van der Waals surface area contributed by atoms with Crippen LogP contribution in [0.4, 0.5) is 11.4 Å². The van der Waals surface area contributed by atoms with Crippen LogP contribution in [0.15, 0.2) is 70.3 Å². The number of guanidine groups is 1. The number of hydrogen-bond acceptors (Lipinski definition) is 5. The maximum atomic E-state index is 12.2. The first-order valence-electron chi connectivity index (χ1n) is 9.85. The molecule has 0 unspecified atom stereocenters. The Hall–Kier alpha value is -3.21. The van der Waals surface area contributed by atoms with Gasteiger partial charge in [0.05, 0.1) is 20.0 Å². The van der Waals surface area contributed by atoms with Gasteiger partial charge in [-0.15, -0.1) is 24.0 Å². The van der Waals surface area contributed by atoms with Crippen molar-refractivity contribution in [2.24, 2.45) is 4.99 Å². The van der Waals surface area contributed by atoms with Crippen molar-refractivity contribution in [2.75, 3.05) is 31.4 Å². The zero-order valence-electron chi connectivity index (χ0n) is 18.2. The van der Waals surface area contributed by atoms with Gasteiger partial charge in [-0.1, -0.05) is 12.1 Å². The van der Waals surface area contributed by atoms with Gasteiger partial charge in [0.25, 0.3) is 5.91 Å². The van der Waals surface area contributed by atoms with Crippen LogP contribution >= 0.6 is 24.0 Å². The third-order valence-corrected chi connectivity index (χ3v) is 4.34. The summed E-state index contributed by atoms with van der Waals surface area (Å²) in [5, 5.41) is 9.32. The highest BCUT2D eigenvalue weighted by Crippen LogP contribution is 2.30. The largest absolute Gasteiger partial charge is 0.493 e. The Morgan fingerprint density at radius 2 is 1.84 bits per heavy atom. The quantitative estimate of drug-likeness (QED) is 0.213. The molecule has 1 aromatic heterocycles. The smallest absolute Gasteiger partial charge is 0.291 e. The number of nitrogens with zero attached hydrogens (tertiary/aromatic N) is 1. The second-order valence-corrected chi connectivity index (χ2v) is 6.48. The van der Waals surface area contributed by atoms with Crippen molar-refractivity contribution in [2.45, 2.75) is 13.5 Å². The van der Waals surface area contributed by atoms with Gasteiger partial charge >= 0.3 is 0 Å². The topological polar surface area (TPSA) is 97.1 Å². The number of benzene rings is 2.